The maximum atomic E-state index is 14.0. The molecular formula is C40H46N2O4. The van der Waals surface area contributed by atoms with E-state index in [1.165, 1.54) is 0 Å². The zero-order chi connectivity index (χ0) is 32.6. The van der Waals surface area contributed by atoms with Gasteiger partial charge < -0.3 is 20.8 Å². The van der Waals surface area contributed by atoms with Gasteiger partial charge in [-0.25, -0.2) is 0 Å². The first kappa shape index (κ1) is 33.1. The summed E-state index contributed by atoms with van der Waals surface area (Å²) in [6.07, 6.45) is 2.93. The van der Waals surface area contributed by atoms with E-state index in [1.54, 1.807) is 0 Å². The van der Waals surface area contributed by atoms with E-state index in [2.05, 4.69) is 10.6 Å². The summed E-state index contributed by atoms with van der Waals surface area (Å²) in [6.45, 7) is 3.63. The maximum absolute atomic E-state index is 14.0. The van der Waals surface area contributed by atoms with Crippen LogP contribution in [-0.2, 0) is 35.3 Å². The van der Waals surface area contributed by atoms with Gasteiger partial charge in [-0.2, -0.15) is 0 Å². The van der Waals surface area contributed by atoms with Crippen molar-refractivity contribution in [2.45, 2.75) is 82.1 Å². The third-order valence-electron chi connectivity index (χ3n) is 9.80. The van der Waals surface area contributed by atoms with Gasteiger partial charge in [0.15, 0.2) is 0 Å². The number of nitrogens with one attached hydrogen (secondary N) is 2. The molecule has 1 aliphatic carbocycles. The standard InChI is InChI=1S/C40H46N2O4/c1-30(39(45,26-32-16-7-3-8-17-32)27-33-18-9-4-10-19-33)41-36(43)38(24-15-25-38)37(44)42-31(2)40(46,28-34-20-11-5-12-21-34)29-35-22-13-6-14-23-35/h3-14,16-23,30-31,45-46H,15,24-29H2,1-2H3,(H,41,43)(H,42,44)/t30-,31-/m1/s1. The van der Waals surface area contributed by atoms with Crippen LogP contribution in [-0.4, -0.2) is 45.3 Å². The highest BCUT2D eigenvalue weighted by molar-refractivity contribution is 6.06. The molecule has 6 heteroatoms. The number of hydrogen-bond donors (Lipinski definition) is 4. The Bertz CT molecular complexity index is 1360. The fraction of sp³-hybridized carbons (Fsp3) is 0.350. The van der Waals surface area contributed by atoms with Crippen LogP contribution in [0.15, 0.2) is 121 Å². The number of benzene rings is 4. The summed E-state index contributed by atoms with van der Waals surface area (Å²) in [6, 6.07) is 37.7. The Morgan fingerprint density at radius 2 is 0.826 bits per heavy atom. The van der Waals surface area contributed by atoms with Gasteiger partial charge >= 0.3 is 0 Å². The van der Waals surface area contributed by atoms with Gasteiger partial charge in [0.05, 0.1) is 23.3 Å². The maximum Gasteiger partial charge on any atom is 0.236 e. The van der Waals surface area contributed by atoms with Crippen LogP contribution in [0, 0.1) is 5.41 Å². The van der Waals surface area contributed by atoms with Crippen molar-refractivity contribution in [3.05, 3.63) is 144 Å². The molecule has 4 aromatic carbocycles. The van der Waals surface area contributed by atoms with Crippen LogP contribution in [0.5, 0.6) is 0 Å². The van der Waals surface area contributed by atoms with Crippen molar-refractivity contribution in [1.82, 2.24) is 10.6 Å². The number of rotatable bonds is 14. The number of hydrogen-bond acceptors (Lipinski definition) is 4. The summed E-state index contributed by atoms with van der Waals surface area (Å²) in [5, 5.41) is 30.4. The monoisotopic (exact) mass is 618 g/mol. The van der Waals surface area contributed by atoms with Crippen molar-refractivity contribution in [3.8, 4) is 0 Å². The molecule has 0 unspecified atom stereocenters. The molecule has 46 heavy (non-hydrogen) atoms. The molecule has 0 bridgehead atoms. The van der Waals surface area contributed by atoms with Crippen LogP contribution >= 0.6 is 0 Å². The summed E-state index contributed by atoms with van der Waals surface area (Å²) in [4.78, 5) is 28.0. The quantitative estimate of drug-likeness (QED) is 0.138. The molecule has 0 heterocycles. The second-order valence-corrected chi connectivity index (χ2v) is 13.2. The van der Waals surface area contributed by atoms with Crippen LogP contribution < -0.4 is 10.6 Å². The van der Waals surface area contributed by atoms with E-state index in [4.69, 9.17) is 0 Å². The molecule has 1 saturated carbocycles. The molecule has 6 nitrogen and oxygen atoms in total. The van der Waals surface area contributed by atoms with Crippen LogP contribution in [0.3, 0.4) is 0 Å². The molecule has 240 valence electrons. The first-order valence-electron chi connectivity index (χ1n) is 16.3. The predicted molar refractivity (Wildman–Crippen MR) is 182 cm³/mol. The van der Waals surface area contributed by atoms with E-state index in [0.29, 0.717) is 38.5 Å². The Kier molecular flexibility index (Phi) is 10.4. The average Bonchev–Trinajstić information content (AvgIpc) is 3.02. The van der Waals surface area contributed by atoms with E-state index >= 15 is 0 Å². The largest absolute Gasteiger partial charge is 0.387 e. The molecule has 1 aliphatic rings. The van der Waals surface area contributed by atoms with Gasteiger partial charge in [-0.1, -0.05) is 128 Å². The molecule has 0 spiro atoms. The van der Waals surface area contributed by atoms with Crippen molar-refractivity contribution < 1.29 is 19.8 Å². The summed E-state index contributed by atoms with van der Waals surface area (Å²) in [5.41, 5.74) is -0.00180. The van der Waals surface area contributed by atoms with Crippen molar-refractivity contribution in [2.75, 3.05) is 0 Å². The van der Waals surface area contributed by atoms with Gasteiger partial charge in [0.25, 0.3) is 0 Å². The molecule has 4 aromatic rings. The molecular weight excluding hydrogens is 572 g/mol. The Labute approximate surface area is 272 Å². The SMILES string of the molecule is C[C@@H](NC(=O)C1(C(=O)N[C@H](C)C(O)(Cc2ccccc2)Cc2ccccc2)CCC1)C(O)(Cc1ccccc1)Cc1ccccc1. The van der Waals surface area contributed by atoms with Gasteiger partial charge in [-0.15, -0.1) is 0 Å². The molecule has 0 saturated heterocycles. The molecule has 0 aromatic heterocycles. The van der Waals surface area contributed by atoms with E-state index in [-0.39, 0.29) is 11.8 Å². The molecule has 1 fully saturated rings. The van der Waals surface area contributed by atoms with Crippen molar-refractivity contribution in [1.29, 1.82) is 0 Å². The lowest BCUT2D eigenvalue weighted by Gasteiger charge is -2.43. The molecule has 4 N–H and O–H groups in total. The van der Waals surface area contributed by atoms with Gasteiger partial charge in [0.2, 0.25) is 11.8 Å². The Morgan fingerprint density at radius 3 is 1.04 bits per heavy atom. The van der Waals surface area contributed by atoms with Crippen molar-refractivity contribution in [3.63, 3.8) is 0 Å². The van der Waals surface area contributed by atoms with Crippen LogP contribution in [0.4, 0.5) is 0 Å². The van der Waals surface area contributed by atoms with Crippen LogP contribution in [0.2, 0.25) is 0 Å². The smallest absolute Gasteiger partial charge is 0.236 e. The van der Waals surface area contributed by atoms with Gasteiger partial charge in [0, 0.05) is 25.7 Å². The predicted octanol–water partition coefficient (Wildman–Crippen LogP) is 5.60. The van der Waals surface area contributed by atoms with E-state index in [9.17, 15) is 19.8 Å². The van der Waals surface area contributed by atoms with Crippen LogP contribution in [0.1, 0.15) is 55.4 Å². The first-order chi connectivity index (χ1) is 22.1. The first-order valence-corrected chi connectivity index (χ1v) is 16.3. The van der Waals surface area contributed by atoms with Crippen LogP contribution in [0.25, 0.3) is 0 Å². The lowest BCUT2D eigenvalue weighted by atomic mass is 9.66. The summed E-state index contributed by atoms with van der Waals surface area (Å²) in [7, 11) is 0. The lowest BCUT2D eigenvalue weighted by Crippen LogP contribution is -2.63. The van der Waals surface area contributed by atoms with Gasteiger partial charge in [0.1, 0.15) is 5.41 Å². The van der Waals surface area contributed by atoms with Gasteiger partial charge in [-0.05, 0) is 48.9 Å². The summed E-state index contributed by atoms with van der Waals surface area (Å²) >= 11 is 0. The fourth-order valence-electron chi connectivity index (χ4n) is 6.56. The fourth-order valence-corrected chi connectivity index (χ4v) is 6.56. The van der Waals surface area contributed by atoms with E-state index in [1.807, 2.05) is 135 Å². The minimum absolute atomic E-state index is 0.340. The molecule has 2 amide bonds. The molecule has 5 rings (SSSR count). The normalized spacial score (nSPS) is 15.7. The van der Waals surface area contributed by atoms with Crippen molar-refractivity contribution >= 4 is 11.8 Å². The Balaban J connectivity index is 1.34. The molecule has 2 atom stereocenters. The second-order valence-electron chi connectivity index (χ2n) is 13.2. The van der Waals surface area contributed by atoms with E-state index < -0.39 is 28.7 Å². The lowest BCUT2D eigenvalue weighted by molar-refractivity contribution is -0.153. The zero-order valence-corrected chi connectivity index (χ0v) is 26.9. The Morgan fingerprint density at radius 1 is 0.565 bits per heavy atom. The number of carbonyl (C=O) groups is 2. The molecule has 0 radical (unpaired) electrons. The minimum Gasteiger partial charge on any atom is -0.387 e. The number of aliphatic hydroxyl groups is 2. The number of amides is 2. The highest BCUT2D eigenvalue weighted by Crippen LogP contribution is 2.42. The second kappa shape index (κ2) is 14.4. The minimum atomic E-state index is -1.29. The topological polar surface area (TPSA) is 98.7 Å². The van der Waals surface area contributed by atoms with Gasteiger partial charge in [-0.3, -0.25) is 9.59 Å². The Hall–Kier alpha value is -4.26. The third-order valence-corrected chi connectivity index (χ3v) is 9.80. The highest BCUT2D eigenvalue weighted by Gasteiger charge is 2.53. The zero-order valence-electron chi connectivity index (χ0n) is 26.9. The summed E-state index contributed by atoms with van der Waals surface area (Å²) < 4.78 is 0. The average molecular weight is 619 g/mol. The van der Waals surface area contributed by atoms with E-state index in [0.717, 1.165) is 28.7 Å². The van der Waals surface area contributed by atoms with Crippen molar-refractivity contribution in [2.24, 2.45) is 5.41 Å². The third kappa shape index (κ3) is 7.75. The molecule has 0 aliphatic heterocycles. The number of carbonyl (C=O) groups excluding carboxylic acids is 2. The highest BCUT2D eigenvalue weighted by atomic mass is 16.3. The summed E-state index contributed by atoms with van der Waals surface area (Å²) in [5.74, 6) is -0.768.